The molecule has 0 aromatic rings. The summed E-state index contributed by atoms with van der Waals surface area (Å²) in [6.45, 7) is -0.821. The van der Waals surface area contributed by atoms with E-state index in [2.05, 4.69) is 5.32 Å². The number of carboxylic acids is 1. The molecule has 0 rings (SSSR count). The topological polar surface area (TPSA) is 197 Å². The van der Waals surface area contributed by atoms with Gasteiger partial charge in [0.15, 0.2) is 0 Å². The van der Waals surface area contributed by atoms with Crippen LogP contribution >= 0.6 is 0 Å². The predicted molar refractivity (Wildman–Crippen MR) is 86.6 cm³/mol. The largest absolute Gasteiger partial charge is 0.480 e. The van der Waals surface area contributed by atoms with Crippen molar-refractivity contribution in [3.63, 3.8) is 0 Å². The Labute approximate surface area is 145 Å². The monoisotopic (exact) mass is 367 g/mol. The van der Waals surface area contributed by atoms with E-state index in [0.717, 1.165) is 4.90 Å². The summed E-state index contributed by atoms with van der Waals surface area (Å²) in [5.74, 6) is -1.08. The van der Waals surface area contributed by atoms with Gasteiger partial charge in [-0.2, -0.15) is 0 Å². The quantitative estimate of drug-likeness (QED) is 0.162. The molecule has 5 atom stereocenters. The normalized spacial score (nSPS) is 17.2. The molecular formula is C14H29N3O8. The number of aliphatic hydroxyl groups excluding tert-OH is 5. The second-order valence-corrected chi connectivity index (χ2v) is 5.85. The second kappa shape index (κ2) is 12.0. The lowest BCUT2D eigenvalue weighted by atomic mass is 10.0. The van der Waals surface area contributed by atoms with Crippen LogP contribution in [0.5, 0.6) is 0 Å². The van der Waals surface area contributed by atoms with Gasteiger partial charge in [-0.3, -0.25) is 4.79 Å². The molecule has 0 aliphatic rings. The Kier molecular flexibility index (Phi) is 11.2. The molecule has 0 saturated carbocycles. The molecular weight excluding hydrogens is 338 g/mol. The van der Waals surface area contributed by atoms with Crippen LogP contribution in [0.15, 0.2) is 0 Å². The summed E-state index contributed by atoms with van der Waals surface area (Å²) in [4.78, 5) is 23.4. The minimum Gasteiger partial charge on any atom is -0.480 e. The highest BCUT2D eigenvalue weighted by Crippen LogP contribution is 2.06. The lowest BCUT2D eigenvalue weighted by Gasteiger charge is -2.28. The Morgan fingerprint density at radius 2 is 1.64 bits per heavy atom. The van der Waals surface area contributed by atoms with Crippen LogP contribution in [0.1, 0.15) is 19.3 Å². The number of hydrogen-bond acceptors (Lipinski definition) is 8. The van der Waals surface area contributed by atoms with Gasteiger partial charge in [-0.1, -0.05) is 0 Å². The number of unbranched alkanes of at least 4 members (excludes halogenated alkanes) is 1. The average Bonchev–Trinajstić information content (AvgIpc) is 2.58. The molecule has 0 heterocycles. The highest BCUT2D eigenvalue weighted by Gasteiger charge is 2.31. The molecule has 0 saturated heterocycles. The van der Waals surface area contributed by atoms with Crippen molar-refractivity contribution in [3.8, 4) is 0 Å². The van der Waals surface area contributed by atoms with Crippen molar-refractivity contribution in [1.29, 1.82) is 0 Å². The molecule has 0 bridgehead atoms. The number of nitrogens with one attached hydrogen (secondary N) is 1. The molecule has 148 valence electrons. The fourth-order valence-electron chi connectivity index (χ4n) is 1.98. The Balaban J connectivity index is 4.10. The SMILES string of the molecule is CN(C[C@H](O)[C@@H](O)[C@H](O)[C@H](O)CO)C(=O)NCCCCC(N)C(=O)O. The van der Waals surface area contributed by atoms with Gasteiger partial charge in [-0.05, 0) is 19.3 Å². The van der Waals surface area contributed by atoms with E-state index in [-0.39, 0.29) is 19.5 Å². The fraction of sp³-hybridized carbons (Fsp3) is 0.857. The Bertz CT molecular complexity index is 412. The highest BCUT2D eigenvalue weighted by molar-refractivity contribution is 5.74. The van der Waals surface area contributed by atoms with Crippen LogP contribution in [-0.4, -0.2) is 105 Å². The first kappa shape index (κ1) is 23.5. The number of carbonyl (C=O) groups excluding carboxylic acids is 1. The summed E-state index contributed by atoms with van der Waals surface area (Å²) in [6.07, 6.45) is -5.31. The Morgan fingerprint density at radius 1 is 1.08 bits per heavy atom. The minimum absolute atomic E-state index is 0.278. The van der Waals surface area contributed by atoms with Crippen LogP contribution in [0.25, 0.3) is 0 Å². The number of urea groups is 1. The van der Waals surface area contributed by atoms with Crippen LogP contribution in [0.4, 0.5) is 4.79 Å². The molecule has 0 aliphatic carbocycles. The maximum atomic E-state index is 11.8. The fourth-order valence-corrected chi connectivity index (χ4v) is 1.98. The first-order valence-corrected chi connectivity index (χ1v) is 7.92. The van der Waals surface area contributed by atoms with Crippen molar-refractivity contribution in [2.45, 2.75) is 49.7 Å². The number of rotatable bonds is 12. The van der Waals surface area contributed by atoms with E-state index in [4.69, 9.17) is 15.9 Å². The number of nitrogens with zero attached hydrogens (tertiary/aromatic N) is 1. The number of amides is 2. The van der Waals surface area contributed by atoms with E-state index in [1.165, 1.54) is 7.05 Å². The first-order chi connectivity index (χ1) is 11.6. The number of likely N-dealkylation sites (N-methyl/N-ethyl adjacent to an activating group) is 1. The third-order valence-corrected chi connectivity index (χ3v) is 3.67. The summed E-state index contributed by atoms with van der Waals surface area (Å²) >= 11 is 0. The third kappa shape index (κ3) is 8.95. The lowest BCUT2D eigenvalue weighted by molar-refractivity contribution is -0.138. The zero-order chi connectivity index (χ0) is 19.6. The third-order valence-electron chi connectivity index (χ3n) is 3.67. The second-order valence-electron chi connectivity index (χ2n) is 5.85. The van der Waals surface area contributed by atoms with Gasteiger partial charge in [-0.15, -0.1) is 0 Å². The summed E-state index contributed by atoms with van der Waals surface area (Å²) in [6, 6.07) is -1.47. The maximum absolute atomic E-state index is 11.8. The average molecular weight is 367 g/mol. The summed E-state index contributed by atoms with van der Waals surface area (Å²) < 4.78 is 0. The van der Waals surface area contributed by atoms with Gasteiger partial charge in [0, 0.05) is 13.6 Å². The number of carbonyl (C=O) groups is 2. The molecule has 0 aromatic carbocycles. The van der Waals surface area contributed by atoms with E-state index in [0.29, 0.717) is 12.8 Å². The van der Waals surface area contributed by atoms with E-state index < -0.39 is 49.1 Å². The summed E-state index contributed by atoms with van der Waals surface area (Å²) in [5, 5.41) is 58.0. The Hall–Kier alpha value is -1.50. The van der Waals surface area contributed by atoms with Crippen LogP contribution in [0.3, 0.4) is 0 Å². The van der Waals surface area contributed by atoms with Crippen LogP contribution < -0.4 is 11.1 Å². The number of aliphatic hydroxyl groups is 5. The van der Waals surface area contributed by atoms with E-state index >= 15 is 0 Å². The maximum Gasteiger partial charge on any atom is 0.320 e. The zero-order valence-corrected chi connectivity index (χ0v) is 14.2. The van der Waals surface area contributed by atoms with Gasteiger partial charge >= 0.3 is 12.0 Å². The lowest BCUT2D eigenvalue weighted by Crippen LogP contribution is -2.51. The summed E-state index contributed by atoms with van der Waals surface area (Å²) in [7, 11) is 1.36. The van der Waals surface area contributed by atoms with Gasteiger partial charge in [0.25, 0.3) is 0 Å². The van der Waals surface area contributed by atoms with E-state index in [1.54, 1.807) is 0 Å². The Morgan fingerprint density at radius 3 is 2.16 bits per heavy atom. The molecule has 1 unspecified atom stereocenters. The molecule has 0 radical (unpaired) electrons. The van der Waals surface area contributed by atoms with E-state index in [9.17, 15) is 30.0 Å². The molecule has 9 N–H and O–H groups in total. The van der Waals surface area contributed by atoms with Crippen LogP contribution in [0.2, 0.25) is 0 Å². The molecule has 0 fully saturated rings. The van der Waals surface area contributed by atoms with Gasteiger partial charge in [-0.25, -0.2) is 4.79 Å². The van der Waals surface area contributed by atoms with Crippen molar-refractivity contribution in [3.05, 3.63) is 0 Å². The van der Waals surface area contributed by atoms with Crippen molar-refractivity contribution >= 4 is 12.0 Å². The highest BCUT2D eigenvalue weighted by atomic mass is 16.4. The van der Waals surface area contributed by atoms with Crippen LogP contribution in [-0.2, 0) is 4.79 Å². The first-order valence-electron chi connectivity index (χ1n) is 7.92. The standard InChI is InChI=1S/C14H29N3O8/c1-17(6-9(19)11(21)12(22)10(20)7-18)14(25)16-5-3-2-4-8(15)13(23)24/h8-12,18-22H,2-7,15H2,1H3,(H,16,25)(H,23,24)/t8?,9-,10+,11+,12+/m0/s1. The smallest absolute Gasteiger partial charge is 0.320 e. The minimum atomic E-state index is -1.75. The number of carboxylic acid groups (broad SMARTS) is 1. The molecule has 0 aromatic heterocycles. The van der Waals surface area contributed by atoms with Crippen molar-refractivity contribution in [2.75, 3.05) is 26.7 Å². The van der Waals surface area contributed by atoms with Gasteiger partial charge in [0.2, 0.25) is 0 Å². The molecule has 11 heteroatoms. The van der Waals surface area contributed by atoms with Gasteiger partial charge in [0.1, 0.15) is 30.5 Å². The van der Waals surface area contributed by atoms with Crippen molar-refractivity contribution < 1.29 is 40.2 Å². The van der Waals surface area contributed by atoms with E-state index in [1.807, 2.05) is 0 Å². The molecule has 0 aliphatic heterocycles. The van der Waals surface area contributed by atoms with Gasteiger partial charge < -0.3 is 46.6 Å². The zero-order valence-electron chi connectivity index (χ0n) is 14.2. The predicted octanol–water partition coefficient (Wildman–Crippen LogP) is -3.35. The molecule has 25 heavy (non-hydrogen) atoms. The number of hydrogen-bond donors (Lipinski definition) is 8. The number of aliphatic carboxylic acids is 1. The summed E-state index contributed by atoms with van der Waals surface area (Å²) in [5.41, 5.74) is 5.35. The molecule has 0 spiro atoms. The van der Waals surface area contributed by atoms with Crippen molar-refractivity contribution in [1.82, 2.24) is 10.2 Å². The number of nitrogens with two attached hydrogens (primary N) is 1. The molecule has 11 nitrogen and oxygen atoms in total. The van der Waals surface area contributed by atoms with Crippen molar-refractivity contribution in [2.24, 2.45) is 5.73 Å². The van der Waals surface area contributed by atoms with Crippen LogP contribution in [0, 0.1) is 0 Å². The van der Waals surface area contributed by atoms with Gasteiger partial charge in [0.05, 0.1) is 13.2 Å². The molecule has 2 amide bonds.